The van der Waals surface area contributed by atoms with Gasteiger partial charge in [0.05, 0.1) is 18.1 Å². The van der Waals surface area contributed by atoms with Gasteiger partial charge in [-0.2, -0.15) is 9.40 Å². The van der Waals surface area contributed by atoms with E-state index in [0.717, 1.165) is 10.0 Å². The summed E-state index contributed by atoms with van der Waals surface area (Å²) in [6.07, 6.45) is 0. The molecule has 2 aromatic carbocycles. The van der Waals surface area contributed by atoms with Crippen LogP contribution in [0.4, 0.5) is 0 Å². The summed E-state index contributed by atoms with van der Waals surface area (Å²) in [5, 5.41) is 7.20. The Hall–Kier alpha value is -2.07. The van der Waals surface area contributed by atoms with Crippen LogP contribution in [-0.4, -0.2) is 54.2 Å². The fraction of sp³-hybridized carbons (Fsp3) is 0.263. The molecule has 0 aliphatic carbocycles. The molecule has 0 spiro atoms. The van der Waals surface area contributed by atoms with Crippen molar-refractivity contribution in [3.05, 3.63) is 52.5 Å². The van der Waals surface area contributed by atoms with Crippen molar-refractivity contribution in [3.63, 3.8) is 0 Å². The molecule has 1 aliphatic rings. The largest absolute Gasteiger partial charge is 0.379 e. The minimum atomic E-state index is -3.59. The molecule has 0 saturated carbocycles. The Labute approximate surface area is 171 Å². The van der Waals surface area contributed by atoms with Gasteiger partial charge >= 0.3 is 0 Å². The van der Waals surface area contributed by atoms with Crippen LogP contribution in [0.25, 0.3) is 22.8 Å². The summed E-state index contributed by atoms with van der Waals surface area (Å²) in [7, 11) is -3.59. The Morgan fingerprint density at radius 3 is 2.46 bits per heavy atom. The van der Waals surface area contributed by atoms with Crippen molar-refractivity contribution in [3.8, 4) is 22.8 Å². The summed E-state index contributed by atoms with van der Waals surface area (Å²) in [4.78, 5) is 4.81. The molecular weight excluding hydrogens is 444 g/mol. The Morgan fingerprint density at radius 1 is 1.07 bits per heavy atom. The van der Waals surface area contributed by atoms with Crippen molar-refractivity contribution in [1.82, 2.24) is 19.5 Å². The fourth-order valence-corrected chi connectivity index (χ4v) is 4.99. The quantitative estimate of drug-likeness (QED) is 0.642. The zero-order valence-corrected chi connectivity index (χ0v) is 17.6. The van der Waals surface area contributed by atoms with Crippen molar-refractivity contribution in [2.45, 2.75) is 11.8 Å². The number of sulfonamides is 1. The van der Waals surface area contributed by atoms with Crippen LogP contribution in [0, 0.1) is 6.92 Å². The van der Waals surface area contributed by atoms with E-state index in [-0.39, 0.29) is 4.90 Å². The predicted octanol–water partition coefficient (Wildman–Crippen LogP) is 3.23. The molecule has 3 aromatic rings. The average molecular weight is 463 g/mol. The van der Waals surface area contributed by atoms with E-state index in [2.05, 4.69) is 31.1 Å². The van der Waals surface area contributed by atoms with Gasteiger partial charge in [0.1, 0.15) is 0 Å². The molecule has 1 N–H and O–H groups in total. The first-order valence-electron chi connectivity index (χ1n) is 8.82. The van der Waals surface area contributed by atoms with Gasteiger partial charge in [-0.1, -0.05) is 40.2 Å². The highest BCUT2D eigenvalue weighted by atomic mass is 79.9. The minimum absolute atomic E-state index is 0.280. The van der Waals surface area contributed by atoms with Crippen molar-refractivity contribution >= 4 is 26.0 Å². The Kier molecular flexibility index (Phi) is 5.33. The highest BCUT2D eigenvalue weighted by molar-refractivity contribution is 9.10. The molecule has 2 heterocycles. The molecule has 28 heavy (non-hydrogen) atoms. The van der Waals surface area contributed by atoms with Crippen molar-refractivity contribution < 1.29 is 13.2 Å². The lowest BCUT2D eigenvalue weighted by Crippen LogP contribution is -2.40. The van der Waals surface area contributed by atoms with Gasteiger partial charge in [-0.05, 0) is 30.7 Å². The fourth-order valence-electron chi connectivity index (χ4n) is 3.07. The van der Waals surface area contributed by atoms with Crippen LogP contribution in [0.15, 0.2) is 51.8 Å². The lowest BCUT2D eigenvalue weighted by Gasteiger charge is -2.26. The molecule has 1 fully saturated rings. The molecule has 4 rings (SSSR count). The number of aryl methyl sites for hydroxylation is 1. The van der Waals surface area contributed by atoms with Crippen molar-refractivity contribution in [2.75, 3.05) is 26.3 Å². The highest BCUT2D eigenvalue weighted by Crippen LogP contribution is 2.27. The van der Waals surface area contributed by atoms with E-state index >= 15 is 0 Å². The molecule has 9 heteroatoms. The monoisotopic (exact) mass is 462 g/mol. The molecule has 7 nitrogen and oxygen atoms in total. The molecule has 146 valence electrons. The summed E-state index contributed by atoms with van der Waals surface area (Å²) in [5.41, 5.74) is 2.24. The number of ether oxygens (including phenoxy) is 1. The molecule has 1 aliphatic heterocycles. The third-order valence-electron chi connectivity index (χ3n) is 4.64. The lowest BCUT2D eigenvalue weighted by atomic mass is 10.1. The van der Waals surface area contributed by atoms with E-state index in [1.807, 2.05) is 30.3 Å². The number of benzene rings is 2. The van der Waals surface area contributed by atoms with Gasteiger partial charge in [0, 0.05) is 28.7 Å². The number of hydrogen-bond acceptors (Lipinski definition) is 5. The van der Waals surface area contributed by atoms with E-state index < -0.39 is 10.0 Å². The standard InChI is InChI=1S/C19H19BrN4O3S/c1-13-2-3-15(12-17(13)28(25,26)24-8-10-27-11-9-24)19-21-18(22-23-19)14-4-6-16(20)7-5-14/h2-7,12H,8-11H2,1H3,(H,21,22,23). The van der Waals surface area contributed by atoms with Gasteiger partial charge in [-0.25, -0.2) is 13.4 Å². The smallest absolute Gasteiger partial charge is 0.243 e. The normalized spacial score (nSPS) is 15.6. The molecular formula is C19H19BrN4O3S. The maximum atomic E-state index is 13.1. The van der Waals surface area contributed by atoms with Crippen LogP contribution in [0.1, 0.15) is 5.56 Å². The molecule has 1 saturated heterocycles. The predicted molar refractivity (Wildman–Crippen MR) is 109 cm³/mol. The first-order chi connectivity index (χ1) is 13.4. The first-order valence-corrected chi connectivity index (χ1v) is 11.1. The van der Waals surface area contributed by atoms with Gasteiger partial charge in [0.2, 0.25) is 10.0 Å². The van der Waals surface area contributed by atoms with Crippen LogP contribution >= 0.6 is 15.9 Å². The molecule has 1 aromatic heterocycles. The summed E-state index contributed by atoms with van der Waals surface area (Å²) in [6.45, 7) is 3.34. The number of hydrogen-bond donors (Lipinski definition) is 1. The minimum Gasteiger partial charge on any atom is -0.379 e. The number of H-pyrrole nitrogens is 1. The molecule has 0 atom stereocenters. The van der Waals surface area contributed by atoms with Gasteiger partial charge in [0.25, 0.3) is 0 Å². The van der Waals surface area contributed by atoms with Gasteiger partial charge in [-0.15, -0.1) is 0 Å². The summed E-state index contributed by atoms with van der Waals surface area (Å²) < 4.78 is 33.9. The van der Waals surface area contributed by atoms with E-state index in [1.54, 1.807) is 19.1 Å². The first kappa shape index (κ1) is 19.3. The van der Waals surface area contributed by atoms with Crippen molar-refractivity contribution in [2.24, 2.45) is 0 Å². The Balaban J connectivity index is 1.68. The maximum Gasteiger partial charge on any atom is 0.243 e. The zero-order valence-electron chi connectivity index (χ0n) is 15.2. The lowest BCUT2D eigenvalue weighted by molar-refractivity contribution is 0.0730. The van der Waals surface area contributed by atoms with E-state index in [4.69, 9.17) is 4.74 Å². The third-order valence-corrected chi connectivity index (χ3v) is 7.21. The zero-order chi connectivity index (χ0) is 19.7. The van der Waals surface area contributed by atoms with Crippen LogP contribution in [0.2, 0.25) is 0 Å². The third kappa shape index (κ3) is 3.75. The van der Waals surface area contributed by atoms with Crippen molar-refractivity contribution in [1.29, 1.82) is 0 Å². The highest BCUT2D eigenvalue weighted by Gasteiger charge is 2.28. The van der Waals surface area contributed by atoms with Gasteiger partial charge in [0.15, 0.2) is 11.6 Å². The number of halogens is 1. The summed E-state index contributed by atoms with van der Waals surface area (Å²) in [5.74, 6) is 1.08. The van der Waals surface area contributed by atoms with E-state index in [0.29, 0.717) is 49.1 Å². The second-order valence-corrected chi connectivity index (χ2v) is 9.33. The number of nitrogens with zero attached hydrogens (tertiary/aromatic N) is 3. The SMILES string of the molecule is Cc1ccc(-c2n[nH]c(-c3ccc(Br)cc3)n2)cc1S(=O)(=O)N1CCOCC1. The summed E-state index contributed by atoms with van der Waals surface area (Å²) >= 11 is 3.41. The molecule has 0 amide bonds. The topological polar surface area (TPSA) is 88.2 Å². The van der Waals surface area contributed by atoms with E-state index in [1.165, 1.54) is 4.31 Å². The number of aromatic nitrogens is 3. The summed E-state index contributed by atoms with van der Waals surface area (Å²) in [6, 6.07) is 13.0. The second kappa shape index (κ2) is 7.75. The molecule has 0 bridgehead atoms. The van der Waals surface area contributed by atoms with Gasteiger partial charge < -0.3 is 4.74 Å². The average Bonchev–Trinajstić information content (AvgIpc) is 3.19. The van der Waals surface area contributed by atoms with Crippen LogP contribution in [0.5, 0.6) is 0 Å². The Bertz CT molecular complexity index is 1090. The number of rotatable bonds is 4. The number of morpholine rings is 1. The number of aromatic amines is 1. The molecule has 0 unspecified atom stereocenters. The van der Waals surface area contributed by atoms with Gasteiger partial charge in [-0.3, -0.25) is 5.10 Å². The Morgan fingerprint density at radius 2 is 1.75 bits per heavy atom. The van der Waals surface area contributed by atoms with Crippen LogP contribution in [-0.2, 0) is 14.8 Å². The maximum absolute atomic E-state index is 13.1. The van der Waals surface area contributed by atoms with Crippen LogP contribution in [0.3, 0.4) is 0 Å². The molecule has 0 radical (unpaired) electrons. The second-order valence-electron chi connectivity index (χ2n) is 6.51. The van der Waals surface area contributed by atoms with Crippen LogP contribution < -0.4 is 0 Å². The number of nitrogens with one attached hydrogen (secondary N) is 1. The van der Waals surface area contributed by atoms with E-state index in [9.17, 15) is 8.42 Å².